The summed E-state index contributed by atoms with van der Waals surface area (Å²) >= 11 is 0. The van der Waals surface area contributed by atoms with Crippen LogP contribution in [0, 0.1) is 0 Å². The molecule has 6 heteroatoms. The third kappa shape index (κ3) is 5.89. The lowest BCUT2D eigenvalue weighted by Crippen LogP contribution is -3.29. The molecule has 0 spiro atoms. The number of carbonyl (C=O) groups excluding carboxylic acids is 2. The lowest BCUT2D eigenvalue weighted by atomic mass is 10.0. The van der Waals surface area contributed by atoms with Crippen molar-refractivity contribution < 1.29 is 29.2 Å². The molecule has 0 saturated carbocycles. The van der Waals surface area contributed by atoms with E-state index in [9.17, 15) is 14.7 Å². The summed E-state index contributed by atoms with van der Waals surface area (Å²) in [6.45, 7) is 6.59. The Labute approximate surface area is 171 Å². The fraction of sp³-hybridized carbons (Fsp3) is 0.391. The van der Waals surface area contributed by atoms with Crippen molar-refractivity contribution in [2.24, 2.45) is 0 Å². The molecule has 0 aliphatic carbocycles. The van der Waals surface area contributed by atoms with E-state index in [0.29, 0.717) is 17.9 Å². The zero-order chi connectivity index (χ0) is 20.6. The van der Waals surface area contributed by atoms with Gasteiger partial charge in [0, 0.05) is 11.1 Å². The molecule has 1 atom stereocenters. The standard InChI is InChI=1S/C23H28N2O4/c1-2-29-20-10-8-19(9-11-20)22(26)16-21(23(27)28)25-14-12-24(13-15-25)17-18-6-4-3-5-7-18/h3-11,21H,2,12-17H2,1H3,(H,27,28)/p+1/t21-/m0/s1. The number of rotatable bonds is 9. The molecule has 0 amide bonds. The van der Waals surface area contributed by atoms with Gasteiger partial charge in [-0.25, -0.2) is 0 Å². The minimum atomic E-state index is -1.15. The van der Waals surface area contributed by atoms with E-state index in [-0.39, 0.29) is 12.2 Å². The van der Waals surface area contributed by atoms with Gasteiger partial charge in [-0.05, 0) is 31.2 Å². The normalized spacial score (nSPS) is 20.0. The molecule has 29 heavy (non-hydrogen) atoms. The molecule has 0 radical (unpaired) electrons. The highest BCUT2D eigenvalue weighted by Crippen LogP contribution is 2.13. The van der Waals surface area contributed by atoms with Crippen LogP contribution < -0.4 is 19.6 Å². The Morgan fingerprint density at radius 2 is 1.66 bits per heavy atom. The number of benzene rings is 2. The Morgan fingerprint density at radius 3 is 2.24 bits per heavy atom. The highest BCUT2D eigenvalue weighted by Gasteiger charge is 2.32. The molecule has 1 aliphatic rings. The number of carboxylic acid groups (broad SMARTS) is 1. The number of quaternary nitrogens is 2. The molecule has 1 aliphatic heterocycles. The second-order valence-corrected chi connectivity index (χ2v) is 7.53. The van der Waals surface area contributed by atoms with Gasteiger partial charge in [0.05, 0.1) is 19.0 Å². The maximum atomic E-state index is 12.6. The van der Waals surface area contributed by atoms with Crippen LogP contribution in [0.1, 0.15) is 29.3 Å². The van der Waals surface area contributed by atoms with Crippen LogP contribution in [-0.2, 0) is 11.3 Å². The van der Waals surface area contributed by atoms with Crippen molar-refractivity contribution in [1.29, 1.82) is 0 Å². The number of aliphatic carboxylic acids is 1. The second kappa shape index (κ2) is 10.2. The van der Waals surface area contributed by atoms with Gasteiger partial charge in [-0.15, -0.1) is 0 Å². The van der Waals surface area contributed by atoms with Crippen molar-refractivity contribution in [3.63, 3.8) is 0 Å². The van der Waals surface area contributed by atoms with Crippen LogP contribution in [0.25, 0.3) is 0 Å². The largest absolute Gasteiger partial charge is 0.544 e. The number of carboxylic acids is 1. The van der Waals surface area contributed by atoms with Crippen molar-refractivity contribution in [3.8, 4) is 5.75 Å². The van der Waals surface area contributed by atoms with E-state index >= 15 is 0 Å². The molecule has 2 N–H and O–H groups in total. The summed E-state index contributed by atoms with van der Waals surface area (Å²) in [6.07, 6.45) is -0.0420. The number of piperazine rings is 1. The number of Topliss-reactive ketones (excluding diaryl/α,β-unsaturated/α-hetero) is 1. The smallest absolute Gasteiger partial charge is 0.169 e. The minimum Gasteiger partial charge on any atom is -0.544 e. The predicted octanol–water partition coefficient (Wildman–Crippen LogP) is -1.24. The van der Waals surface area contributed by atoms with Gasteiger partial charge in [0.15, 0.2) is 5.78 Å². The van der Waals surface area contributed by atoms with E-state index < -0.39 is 12.0 Å². The lowest BCUT2D eigenvalue weighted by Gasteiger charge is -2.34. The number of nitrogens with one attached hydrogen (secondary N) is 2. The molecule has 1 fully saturated rings. The van der Waals surface area contributed by atoms with Crippen LogP contribution in [-0.4, -0.2) is 50.6 Å². The van der Waals surface area contributed by atoms with Crippen LogP contribution in [0.5, 0.6) is 5.75 Å². The first-order valence-corrected chi connectivity index (χ1v) is 10.3. The molecule has 1 heterocycles. The Morgan fingerprint density at radius 1 is 1.00 bits per heavy atom. The first kappa shape index (κ1) is 21.0. The Kier molecular flexibility index (Phi) is 7.38. The van der Waals surface area contributed by atoms with Crippen molar-refractivity contribution in [2.75, 3.05) is 32.8 Å². The molecular formula is C23H29N2O4+. The molecule has 2 aromatic rings. The average molecular weight is 397 g/mol. The number of ketones is 1. The first-order chi connectivity index (χ1) is 14.1. The van der Waals surface area contributed by atoms with Crippen LogP contribution in [0.3, 0.4) is 0 Å². The van der Waals surface area contributed by atoms with Gasteiger partial charge >= 0.3 is 0 Å². The Balaban J connectivity index is 1.56. The maximum absolute atomic E-state index is 12.6. The van der Waals surface area contributed by atoms with E-state index in [2.05, 4.69) is 12.1 Å². The number of hydrogen-bond acceptors (Lipinski definition) is 4. The van der Waals surface area contributed by atoms with Crippen LogP contribution in [0.4, 0.5) is 0 Å². The van der Waals surface area contributed by atoms with Gasteiger partial charge in [-0.2, -0.15) is 0 Å². The SMILES string of the molecule is CCOc1ccc(C(=O)C[C@@H](C(=O)[O-])[NH+]2CC[NH+](Cc3ccccc3)CC2)cc1. The van der Waals surface area contributed by atoms with E-state index in [1.165, 1.54) is 10.5 Å². The number of carbonyl (C=O) groups is 2. The summed E-state index contributed by atoms with van der Waals surface area (Å²) in [6, 6.07) is 16.4. The molecule has 0 aromatic heterocycles. The number of ether oxygens (including phenoxy) is 1. The molecule has 2 aromatic carbocycles. The van der Waals surface area contributed by atoms with Crippen LogP contribution >= 0.6 is 0 Å². The van der Waals surface area contributed by atoms with E-state index in [0.717, 1.165) is 37.6 Å². The van der Waals surface area contributed by atoms with Gasteiger partial charge in [-0.3, -0.25) is 4.79 Å². The van der Waals surface area contributed by atoms with Crippen LogP contribution in [0.2, 0.25) is 0 Å². The third-order valence-corrected chi connectivity index (χ3v) is 5.55. The first-order valence-electron chi connectivity index (χ1n) is 10.3. The quantitative estimate of drug-likeness (QED) is 0.519. The van der Waals surface area contributed by atoms with Crippen LogP contribution in [0.15, 0.2) is 54.6 Å². The van der Waals surface area contributed by atoms with E-state index in [1.807, 2.05) is 25.1 Å². The molecule has 154 valence electrons. The second-order valence-electron chi connectivity index (χ2n) is 7.53. The average Bonchev–Trinajstić information content (AvgIpc) is 2.74. The molecule has 3 rings (SSSR count). The van der Waals surface area contributed by atoms with Crippen molar-refractivity contribution in [1.82, 2.24) is 0 Å². The number of hydrogen-bond donors (Lipinski definition) is 2. The summed E-state index contributed by atoms with van der Waals surface area (Å²) < 4.78 is 5.39. The fourth-order valence-electron chi connectivity index (χ4n) is 3.94. The molecule has 6 nitrogen and oxygen atoms in total. The zero-order valence-corrected chi connectivity index (χ0v) is 16.9. The third-order valence-electron chi connectivity index (χ3n) is 5.55. The highest BCUT2D eigenvalue weighted by atomic mass is 16.5. The Hall–Kier alpha value is -2.70. The van der Waals surface area contributed by atoms with Gasteiger partial charge in [0.1, 0.15) is 44.5 Å². The van der Waals surface area contributed by atoms with Gasteiger partial charge in [0.25, 0.3) is 0 Å². The van der Waals surface area contributed by atoms with E-state index in [1.54, 1.807) is 24.3 Å². The highest BCUT2D eigenvalue weighted by molar-refractivity contribution is 5.98. The summed E-state index contributed by atoms with van der Waals surface area (Å²) in [7, 11) is 0. The maximum Gasteiger partial charge on any atom is 0.169 e. The lowest BCUT2D eigenvalue weighted by molar-refractivity contribution is -1.03. The predicted molar refractivity (Wildman–Crippen MR) is 107 cm³/mol. The van der Waals surface area contributed by atoms with Gasteiger partial charge in [-0.1, -0.05) is 30.3 Å². The summed E-state index contributed by atoms with van der Waals surface area (Å²) in [5, 5.41) is 11.8. The Bertz CT molecular complexity index is 799. The zero-order valence-electron chi connectivity index (χ0n) is 16.9. The van der Waals surface area contributed by atoms with E-state index in [4.69, 9.17) is 4.74 Å². The summed E-state index contributed by atoms with van der Waals surface area (Å²) in [5.41, 5.74) is 1.79. The summed E-state index contributed by atoms with van der Waals surface area (Å²) in [5.74, 6) is -0.622. The molecule has 0 bridgehead atoms. The molecule has 0 unspecified atom stereocenters. The monoisotopic (exact) mass is 397 g/mol. The fourth-order valence-corrected chi connectivity index (χ4v) is 3.94. The summed E-state index contributed by atoms with van der Waals surface area (Å²) in [4.78, 5) is 26.8. The van der Waals surface area contributed by atoms with Gasteiger partial charge in [0.2, 0.25) is 0 Å². The molecule has 1 saturated heterocycles. The van der Waals surface area contributed by atoms with Crippen molar-refractivity contribution in [3.05, 3.63) is 65.7 Å². The van der Waals surface area contributed by atoms with Crippen molar-refractivity contribution >= 4 is 11.8 Å². The topological polar surface area (TPSA) is 75.3 Å². The minimum absolute atomic E-state index is 0.0420. The van der Waals surface area contributed by atoms with Gasteiger partial charge < -0.3 is 24.4 Å². The molecular weight excluding hydrogens is 368 g/mol. The van der Waals surface area contributed by atoms with Crippen molar-refractivity contribution in [2.45, 2.75) is 25.9 Å².